The summed E-state index contributed by atoms with van der Waals surface area (Å²) in [5.74, 6) is -0.279. The van der Waals surface area contributed by atoms with Crippen LogP contribution in [0.2, 0.25) is 0 Å². The van der Waals surface area contributed by atoms with Crippen LogP contribution in [0, 0.1) is 6.92 Å². The van der Waals surface area contributed by atoms with Gasteiger partial charge in [0.05, 0.1) is 12.2 Å². The lowest BCUT2D eigenvalue weighted by Gasteiger charge is -2.42. The molecule has 0 saturated heterocycles. The highest BCUT2D eigenvalue weighted by atomic mass is 16.5. The van der Waals surface area contributed by atoms with E-state index < -0.39 is 0 Å². The van der Waals surface area contributed by atoms with Crippen LogP contribution in [0.3, 0.4) is 0 Å². The zero-order valence-corrected chi connectivity index (χ0v) is 20.1. The zero-order valence-electron chi connectivity index (χ0n) is 20.1. The van der Waals surface area contributed by atoms with Crippen LogP contribution in [0.4, 0.5) is 0 Å². The maximum atomic E-state index is 12.2. The van der Waals surface area contributed by atoms with Gasteiger partial charge in [0.25, 0.3) is 0 Å². The summed E-state index contributed by atoms with van der Waals surface area (Å²) in [6.07, 6.45) is 8.58. The van der Waals surface area contributed by atoms with Crippen molar-refractivity contribution in [1.82, 2.24) is 0 Å². The average molecular weight is 417 g/mol. The molecule has 2 aromatic rings. The van der Waals surface area contributed by atoms with Crippen molar-refractivity contribution in [3.8, 4) is 0 Å². The number of hydrogen-bond acceptors (Lipinski definition) is 2. The number of aryl methyl sites for hydroxylation is 1. The Morgan fingerprint density at radius 1 is 1.00 bits per heavy atom. The second-order valence-corrected chi connectivity index (χ2v) is 10.00. The number of carbonyl (C=O) groups excluding carboxylic acids is 1. The normalized spacial score (nSPS) is 17.5. The first-order valence-electron chi connectivity index (χ1n) is 11.3. The molecule has 31 heavy (non-hydrogen) atoms. The SMILES string of the molecule is CCOC(=O)c1ccccc1C=CC=C(C)c1cc2c(cc1C)C(C)(C)CCC2(C)C. The smallest absolute Gasteiger partial charge is 0.338 e. The van der Waals surface area contributed by atoms with Crippen molar-refractivity contribution in [3.05, 3.63) is 81.9 Å². The first-order chi connectivity index (χ1) is 14.6. The molecule has 0 saturated carbocycles. The van der Waals surface area contributed by atoms with Crippen LogP contribution in [0.25, 0.3) is 11.6 Å². The fourth-order valence-electron chi connectivity index (χ4n) is 4.57. The van der Waals surface area contributed by atoms with Crippen molar-refractivity contribution >= 4 is 17.6 Å². The Bertz CT molecular complexity index is 1030. The number of esters is 1. The molecule has 0 atom stereocenters. The Morgan fingerprint density at radius 3 is 2.26 bits per heavy atom. The molecular weight excluding hydrogens is 380 g/mol. The van der Waals surface area contributed by atoms with Gasteiger partial charge in [0, 0.05) is 0 Å². The van der Waals surface area contributed by atoms with E-state index in [9.17, 15) is 4.79 Å². The third kappa shape index (κ3) is 4.84. The minimum Gasteiger partial charge on any atom is -0.462 e. The summed E-state index contributed by atoms with van der Waals surface area (Å²) in [6, 6.07) is 12.4. The third-order valence-corrected chi connectivity index (χ3v) is 6.70. The van der Waals surface area contributed by atoms with Crippen molar-refractivity contribution in [2.75, 3.05) is 6.61 Å². The van der Waals surface area contributed by atoms with Crippen LogP contribution in [-0.2, 0) is 15.6 Å². The summed E-state index contributed by atoms with van der Waals surface area (Å²) in [4.78, 5) is 12.2. The van der Waals surface area contributed by atoms with Crippen molar-refractivity contribution < 1.29 is 9.53 Å². The largest absolute Gasteiger partial charge is 0.462 e. The van der Waals surface area contributed by atoms with Crippen LogP contribution in [0.5, 0.6) is 0 Å². The number of ether oxygens (including phenoxy) is 1. The van der Waals surface area contributed by atoms with Gasteiger partial charge in [-0.3, -0.25) is 0 Å². The van der Waals surface area contributed by atoms with Crippen LogP contribution in [0.1, 0.15) is 92.6 Å². The van der Waals surface area contributed by atoms with Gasteiger partial charge in [-0.2, -0.15) is 0 Å². The van der Waals surface area contributed by atoms with Crippen LogP contribution in [-0.4, -0.2) is 12.6 Å². The Hall–Kier alpha value is -2.61. The molecule has 0 bridgehead atoms. The topological polar surface area (TPSA) is 26.3 Å². The molecule has 2 aromatic carbocycles. The molecule has 0 aliphatic heterocycles. The van der Waals surface area contributed by atoms with E-state index in [2.05, 4.69) is 59.8 Å². The monoisotopic (exact) mass is 416 g/mol. The van der Waals surface area contributed by atoms with Crippen LogP contribution < -0.4 is 0 Å². The molecule has 0 fully saturated rings. The van der Waals surface area contributed by atoms with Gasteiger partial charge in [-0.25, -0.2) is 4.79 Å². The second-order valence-electron chi connectivity index (χ2n) is 10.00. The summed E-state index contributed by atoms with van der Waals surface area (Å²) in [5.41, 5.74) is 8.71. The van der Waals surface area contributed by atoms with Gasteiger partial charge in [-0.1, -0.05) is 76.3 Å². The van der Waals surface area contributed by atoms with E-state index in [0.29, 0.717) is 12.2 Å². The maximum absolute atomic E-state index is 12.2. The molecule has 1 aliphatic carbocycles. The van der Waals surface area contributed by atoms with E-state index in [1.54, 1.807) is 0 Å². The Kier molecular flexibility index (Phi) is 6.59. The van der Waals surface area contributed by atoms with Crippen LogP contribution >= 0.6 is 0 Å². The summed E-state index contributed by atoms with van der Waals surface area (Å²) in [6.45, 7) is 16.0. The van der Waals surface area contributed by atoms with E-state index in [1.165, 1.54) is 40.7 Å². The molecule has 0 N–H and O–H groups in total. The number of hydrogen-bond donors (Lipinski definition) is 0. The van der Waals surface area contributed by atoms with Gasteiger partial charge < -0.3 is 4.74 Å². The number of allylic oxidation sites excluding steroid dienone is 3. The third-order valence-electron chi connectivity index (χ3n) is 6.70. The Labute approximate surface area is 188 Å². The van der Waals surface area contributed by atoms with Gasteiger partial charge in [0.15, 0.2) is 0 Å². The summed E-state index contributed by atoms with van der Waals surface area (Å²) in [7, 11) is 0. The molecule has 0 heterocycles. The number of fused-ring (bicyclic) bond motifs is 1. The lowest BCUT2D eigenvalue weighted by Crippen LogP contribution is -2.34. The molecule has 164 valence electrons. The van der Waals surface area contributed by atoms with Crippen molar-refractivity contribution in [1.29, 1.82) is 0 Å². The first-order valence-corrected chi connectivity index (χ1v) is 11.3. The molecule has 0 aromatic heterocycles. The minimum absolute atomic E-state index is 0.196. The lowest BCUT2D eigenvalue weighted by atomic mass is 9.62. The van der Waals surface area contributed by atoms with Crippen molar-refractivity contribution in [3.63, 3.8) is 0 Å². The number of carbonyl (C=O) groups is 1. The average Bonchev–Trinajstić information content (AvgIpc) is 2.71. The maximum Gasteiger partial charge on any atom is 0.338 e. The van der Waals surface area contributed by atoms with Gasteiger partial charge in [0.2, 0.25) is 0 Å². The van der Waals surface area contributed by atoms with Crippen LogP contribution in [0.15, 0.2) is 48.6 Å². The molecule has 1 aliphatic rings. The van der Waals surface area contributed by atoms with E-state index in [4.69, 9.17) is 4.74 Å². The Balaban J connectivity index is 1.94. The van der Waals surface area contributed by atoms with Gasteiger partial charge in [0.1, 0.15) is 0 Å². The zero-order chi connectivity index (χ0) is 22.8. The molecule has 0 radical (unpaired) electrons. The first kappa shape index (κ1) is 23.1. The predicted octanol–water partition coefficient (Wildman–Crippen LogP) is 7.64. The molecule has 0 spiro atoms. The summed E-state index contributed by atoms with van der Waals surface area (Å²) in [5, 5.41) is 0. The minimum atomic E-state index is -0.279. The quantitative estimate of drug-likeness (QED) is 0.370. The van der Waals surface area contributed by atoms with Gasteiger partial charge >= 0.3 is 5.97 Å². The highest BCUT2D eigenvalue weighted by molar-refractivity contribution is 5.93. The van der Waals surface area contributed by atoms with E-state index in [0.717, 1.165) is 5.56 Å². The highest BCUT2D eigenvalue weighted by Gasteiger charge is 2.37. The molecular formula is C29H36O2. The molecule has 3 rings (SSSR count). The Morgan fingerprint density at radius 2 is 1.61 bits per heavy atom. The molecule has 2 heteroatoms. The van der Waals surface area contributed by atoms with Crippen molar-refractivity contribution in [2.45, 2.75) is 72.1 Å². The fraction of sp³-hybridized carbons (Fsp3) is 0.414. The summed E-state index contributed by atoms with van der Waals surface area (Å²) >= 11 is 0. The number of benzene rings is 2. The highest BCUT2D eigenvalue weighted by Crippen LogP contribution is 2.47. The lowest BCUT2D eigenvalue weighted by molar-refractivity contribution is 0.0526. The summed E-state index contributed by atoms with van der Waals surface area (Å²) < 4.78 is 5.18. The number of rotatable bonds is 5. The van der Waals surface area contributed by atoms with E-state index >= 15 is 0 Å². The van der Waals surface area contributed by atoms with Gasteiger partial charge in [-0.05, 0) is 83.9 Å². The van der Waals surface area contributed by atoms with Crippen molar-refractivity contribution in [2.24, 2.45) is 0 Å². The molecule has 0 amide bonds. The molecule has 2 nitrogen and oxygen atoms in total. The predicted molar refractivity (Wildman–Crippen MR) is 132 cm³/mol. The standard InChI is InChI=1S/C29H36O2/c1-8-31-27(30)23-15-10-9-13-22(23)14-11-12-20(2)24-19-26-25(18-21(24)3)28(4,5)16-17-29(26,6)7/h9-15,18-19H,8,16-17H2,1-7H3. The van der Waals surface area contributed by atoms with E-state index in [-0.39, 0.29) is 16.8 Å². The van der Waals surface area contributed by atoms with Gasteiger partial charge in [-0.15, -0.1) is 0 Å². The fourth-order valence-corrected chi connectivity index (χ4v) is 4.57. The second kappa shape index (κ2) is 8.86. The molecule has 0 unspecified atom stereocenters. The van der Waals surface area contributed by atoms with E-state index in [1.807, 2.05) is 43.3 Å².